The van der Waals surface area contributed by atoms with Crippen molar-refractivity contribution >= 4 is 10.1 Å². The molecule has 1 rings (SSSR count). The van der Waals surface area contributed by atoms with Gasteiger partial charge in [0.25, 0.3) is 10.1 Å². The van der Waals surface area contributed by atoms with Crippen LogP contribution in [0.15, 0.2) is 0 Å². The predicted molar refractivity (Wildman–Crippen MR) is 46.4 cm³/mol. The van der Waals surface area contributed by atoms with E-state index < -0.39 is 10.1 Å². The molecule has 12 heavy (non-hydrogen) atoms. The minimum absolute atomic E-state index is 0.157. The molecule has 1 aliphatic rings. The summed E-state index contributed by atoms with van der Waals surface area (Å²) in [6.45, 7) is 5.33. The number of nitrogens with one attached hydrogen (secondary N) is 1. The van der Waals surface area contributed by atoms with Crippen LogP contribution in [0.1, 0.15) is 13.8 Å². The fraction of sp³-hybridized carbons (Fsp3) is 1.00. The largest absolute Gasteiger partial charge is 0.311 e. The summed E-state index contributed by atoms with van der Waals surface area (Å²) in [5.41, 5.74) is 0.157. The van der Waals surface area contributed by atoms with E-state index in [1.165, 1.54) is 0 Å². The molecule has 4 nitrogen and oxygen atoms in total. The molecule has 5 heteroatoms. The van der Waals surface area contributed by atoms with Crippen LogP contribution in [0.5, 0.6) is 0 Å². The maximum atomic E-state index is 10.6. The fourth-order valence-electron chi connectivity index (χ4n) is 1.13. The second-order valence-corrected chi connectivity index (χ2v) is 5.55. The molecule has 1 saturated heterocycles. The number of rotatable bonds is 3. The van der Waals surface area contributed by atoms with Crippen molar-refractivity contribution in [3.05, 3.63) is 0 Å². The van der Waals surface area contributed by atoms with Gasteiger partial charge in [0.1, 0.15) is 0 Å². The zero-order chi connectivity index (χ0) is 9.41. The molecule has 1 aliphatic heterocycles. The van der Waals surface area contributed by atoms with E-state index in [9.17, 15) is 8.42 Å². The third-order valence-electron chi connectivity index (χ3n) is 2.20. The molecule has 0 radical (unpaired) electrons. The highest BCUT2D eigenvalue weighted by atomic mass is 32.2. The summed E-state index contributed by atoms with van der Waals surface area (Å²) in [5.74, 6) is 0. The zero-order valence-electron chi connectivity index (χ0n) is 7.62. The van der Waals surface area contributed by atoms with Crippen molar-refractivity contribution in [3.63, 3.8) is 0 Å². The summed E-state index contributed by atoms with van der Waals surface area (Å²) < 4.78 is 26.0. The highest BCUT2D eigenvalue weighted by Crippen LogP contribution is 2.27. The van der Waals surface area contributed by atoms with Gasteiger partial charge in [-0.25, -0.2) is 0 Å². The lowest BCUT2D eigenvalue weighted by atomic mass is 9.78. The van der Waals surface area contributed by atoms with Crippen molar-refractivity contribution in [2.24, 2.45) is 5.41 Å². The van der Waals surface area contributed by atoms with Crippen molar-refractivity contribution in [1.29, 1.82) is 0 Å². The minimum atomic E-state index is -3.29. The molecule has 0 aromatic carbocycles. The molecule has 0 aliphatic carbocycles. The molecule has 0 amide bonds. The highest BCUT2D eigenvalue weighted by molar-refractivity contribution is 7.85. The minimum Gasteiger partial charge on any atom is -0.311 e. The summed E-state index contributed by atoms with van der Waals surface area (Å²) in [5, 5.41) is 3.12. The molecule has 0 aromatic rings. The van der Waals surface area contributed by atoms with Crippen molar-refractivity contribution in [2.75, 3.05) is 19.4 Å². The van der Waals surface area contributed by atoms with Crippen molar-refractivity contribution in [2.45, 2.75) is 19.9 Å². The first-order valence-corrected chi connectivity index (χ1v) is 5.71. The maximum absolute atomic E-state index is 10.6. The first-order valence-electron chi connectivity index (χ1n) is 3.89. The van der Waals surface area contributed by atoms with Crippen molar-refractivity contribution < 1.29 is 12.6 Å². The Bertz CT molecular complexity index is 258. The average molecular weight is 193 g/mol. The Balaban J connectivity index is 2.35. The smallest absolute Gasteiger partial charge is 0.264 e. The third-order valence-corrected chi connectivity index (χ3v) is 2.76. The molecule has 72 valence electrons. The van der Waals surface area contributed by atoms with Gasteiger partial charge in [-0.15, -0.1) is 0 Å². The van der Waals surface area contributed by atoms with Gasteiger partial charge < -0.3 is 5.32 Å². The van der Waals surface area contributed by atoms with Crippen LogP contribution in [0.2, 0.25) is 0 Å². The van der Waals surface area contributed by atoms with Crippen LogP contribution in [0.4, 0.5) is 0 Å². The molecule has 1 N–H and O–H groups in total. The average Bonchev–Trinajstić information content (AvgIpc) is 1.83. The quantitative estimate of drug-likeness (QED) is 0.639. The van der Waals surface area contributed by atoms with E-state index in [4.69, 9.17) is 0 Å². The lowest BCUT2D eigenvalue weighted by Crippen LogP contribution is -2.61. The summed E-state index contributed by atoms with van der Waals surface area (Å²) >= 11 is 0. The van der Waals surface area contributed by atoms with Gasteiger partial charge in [0, 0.05) is 12.6 Å². The van der Waals surface area contributed by atoms with Crippen molar-refractivity contribution in [1.82, 2.24) is 5.32 Å². The Morgan fingerprint density at radius 1 is 1.58 bits per heavy atom. The van der Waals surface area contributed by atoms with E-state index >= 15 is 0 Å². The molecule has 0 aromatic heterocycles. The van der Waals surface area contributed by atoms with Gasteiger partial charge in [0.2, 0.25) is 0 Å². The van der Waals surface area contributed by atoms with Gasteiger partial charge in [0.05, 0.1) is 12.9 Å². The van der Waals surface area contributed by atoms with Gasteiger partial charge >= 0.3 is 0 Å². The van der Waals surface area contributed by atoms with E-state index in [2.05, 4.69) is 23.3 Å². The second-order valence-electron chi connectivity index (χ2n) is 3.91. The van der Waals surface area contributed by atoms with E-state index in [0.29, 0.717) is 0 Å². The topological polar surface area (TPSA) is 55.4 Å². The van der Waals surface area contributed by atoms with E-state index in [0.717, 1.165) is 12.8 Å². The number of hydrogen-bond acceptors (Lipinski definition) is 4. The molecule has 1 fully saturated rings. The Labute approximate surface area is 73.4 Å². The molecule has 0 bridgehead atoms. The Morgan fingerprint density at radius 3 is 2.42 bits per heavy atom. The molecular weight excluding hydrogens is 178 g/mol. The van der Waals surface area contributed by atoms with Gasteiger partial charge in [-0.2, -0.15) is 8.42 Å². The summed E-state index contributed by atoms with van der Waals surface area (Å²) in [6, 6.07) is 0.159. The van der Waals surface area contributed by atoms with Crippen LogP contribution in [0.3, 0.4) is 0 Å². The van der Waals surface area contributed by atoms with Crippen LogP contribution >= 0.6 is 0 Å². The monoisotopic (exact) mass is 193 g/mol. The van der Waals surface area contributed by atoms with Gasteiger partial charge in [-0.1, -0.05) is 13.8 Å². The van der Waals surface area contributed by atoms with Crippen molar-refractivity contribution in [3.8, 4) is 0 Å². The molecular formula is C7H15NO3S. The zero-order valence-corrected chi connectivity index (χ0v) is 8.44. The predicted octanol–water partition coefficient (Wildman–Crippen LogP) is -0.0394. The van der Waals surface area contributed by atoms with Gasteiger partial charge in [-0.3, -0.25) is 4.18 Å². The van der Waals surface area contributed by atoms with Crippen LogP contribution in [-0.4, -0.2) is 33.9 Å². The second kappa shape index (κ2) is 2.97. The Hall–Kier alpha value is -0.130. The summed E-state index contributed by atoms with van der Waals surface area (Å²) in [4.78, 5) is 0. The lowest BCUT2D eigenvalue weighted by molar-refractivity contribution is 0.0815. The van der Waals surface area contributed by atoms with E-state index in [1.807, 2.05) is 0 Å². The normalized spacial score (nSPS) is 28.1. The first-order chi connectivity index (χ1) is 5.31. The lowest BCUT2D eigenvalue weighted by Gasteiger charge is -2.45. The standard InChI is InChI=1S/C7H15NO3S/c1-7(2)5-8-6(7)4-11-12(3,9)10/h6,8H,4-5H2,1-3H3. The van der Waals surface area contributed by atoms with E-state index in [-0.39, 0.29) is 18.1 Å². The highest BCUT2D eigenvalue weighted by Gasteiger charge is 2.38. The molecule has 0 spiro atoms. The maximum Gasteiger partial charge on any atom is 0.264 e. The summed E-state index contributed by atoms with van der Waals surface area (Å²) in [7, 11) is -3.29. The Kier molecular flexibility index (Phi) is 2.47. The molecule has 1 heterocycles. The van der Waals surface area contributed by atoms with Crippen LogP contribution in [-0.2, 0) is 14.3 Å². The number of hydrogen-bond donors (Lipinski definition) is 1. The third kappa shape index (κ3) is 2.43. The molecule has 0 saturated carbocycles. The SMILES string of the molecule is CC1(C)CNC1COS(C)(=O)=O. The molecule has 1 unspecified atom stereocenters. The molecule has 1 atom stereocenters. The van der Waals surface area contributed by atoms with Gasteiger partial charge in [0.15, 0.2) is 0 Å². The fourth-order valence-corrected chi connectivity index (χ4v) is 1.51. The van der Waals surface area contributed by atoms with Crippen LogP contribution in [0.25, 0.3) is 0 Å². The van der Waals surface area contributed by atoms with Crippen LogP contribution < -0.4 is 5.32 Å². The Morgan fingerprint density at radius 2 is 2.17 bits per heavy atom. The first kappa shape index (κ1) is 9.95. The van der Waals surface area contributed by atoms with Crippen LogP contribution in [0, 0.1) is 5.41 Å². The summed E-state index contributed by atoms with van der Waals surface area (Å²) in [6.07, 6.45) is 1.07. The van der Waals surface area contributed by atoms with E-state index in [1.54, 1.807) is 0 Å². The van der Waals surface area contributed by atoms with Gasteiger partial charge in [-0.05, 0) is 5.41 Å².